The van der Waals surface area contributed by atoms with E-state index in [0.717, 1.165) is 23.0 Å². The minimum absolute atomic E-state index is 0.0400. The number of carbonyl (C=O) groups is 1. The van der Waals surface area contributed by atoms with E-state index in [9.17, 15) is 14.0 Å². The lowest BCUT2D eigenvalue weighted by Crippen LogP contribution is -2.49. The molecule has 1 fully saturated rings. The molecule has 138 valence electrons. The summed E-state index contributed by atoms with van der Waals surface area (Å²) in [6, 6.07) is 11.9. The summed E-state index contributed by atoms with van der Waals surface area (Å²) in [6.07, 6.45) is 2.85. The fourth-order valence-electron chi connectivity index (χ4n) is 4.64. The lowest BCUT2D eigenvalue weighted by atomic mass is 9.83. The third-order valence-corrected chi connectivity index (χ3v) is 5.87. The maximum Gasteiger partial charge on any atom is 0.250 e. The number of halogens is 1. The molecule has 2 atom stereocenters. The number of nitrogens with zero attached hydrogens (tertiary/aromatic N) is 3. The molecule has 1 saturated heterocycles. The molecule has 2 bridgehead atoms. The average Bonchev–Trinajstić information content (AvgIpc) is 3.04. The van der Waals surface area contributed by atoms with Crippen LogP contribution < -0.4 is 5.56 Å². The van der Waals surface area contributed by atoms with Crippen molar-refractivity contribution in [3.8, 4) is 0 Å². The van der Waals surface area contributed by atoms with E-state index in [-0.39, 0.29) is 29.7 Å². The van der Waals surface area contributed by atoms with Gasteiger partial charge in [0.2, 0.25) is 5.91 Å². The number of amides is 1. The normalized spacial score (nSPS) is 21.3. The van der Waals surface area contributed by atoms with Crippen molar-refractivity contribution in [3.05, 3.63) is 70.5 Å². The van der Waals surface area contributed by atoms with Crippen LogP contribution in [0.1, 0.15) is 18.0 Å². The van der Waals surface area contributed by atoms with Crippen LogP contribution in [-0.4, -0.2) is 33.0 Å². The number of carbonyl (C=O) groups excluding carboxylic acids is 1. The molecule has 1 amide bonds. The van der Waals surface area contributed by atoms with E-state index in [4.69, 9.17) is 0 Å². The predicted octanol–water partition coefficient (Wildman–Crippen LogP) is 2.59. The number of rotatable bonds is 2. The number of aromatic nitrogens is 2. The highest BCUT2D eigenvalue weighted by molar-refractivity contribution is 5.83. The molecule has 2 aromatic heterocycles. The Bertz CT molecular complexity index is 1100. The van der Waals surface area contributed by atoms with Crippen LogP contribution in [0.4, 0.5) is 4.39 Å². The highest BCUT2D eigenvalue weighted by Crippen LogP contribution is 2.35. The van der Waals surface area contributed by atoms with Gasteiger partial charge in [0.1, 0.15) is 12.4 Å². The molecule has 2 aliphatic rings. The van der Waals surface area contributed by atoms with Crippen molar-refractivity contribution in [1.29, 1.82) is 0 Å². The summed E-state index contributed by atoms with van der Waals surface area (Å²) in [6.45, 7) is 2.18. The Balaban J connectivity index is 1.39. The van der Waals surface area contributed by atoms with Gasteiger partial charge in [-0.25, -0.2) is 4.39 Å². The number of pyridine rings is 1. The molecule has 6 heteroatoms. The Hall–Kier alpha value is -2.89. The lowest BCUT2D eigenvalue weighted by Gasteiger charge is -2.42. The van der Waals surface area contributed by atoms with Crippen molar-refractivity contribution in [3.63, 3.8) is 0 Å². The fraction of sp³-hybridized carbons (Fsp3) is 0.333. The van der Waals surface area contributed by atoms with Crippen LogP contribution in [0.5, 0.6) is 0 Å². The maximum absolute atomic E-state index is 13.6. The van der Waals surface area contributed by atoms with E-state index in [1.807, 2.05) is 32.4 Å². The summed E-state index contributed by atoms with van der Waals surface area (Å²) in [5, 5.41) is 0.924. The highest BCUT2D eigenvalue weighted by atomic mass is 19.1. The minimum Gasteiger partial charge on any atom is -0.340 e. The van der Waals surface area contributed by atoms with E-state index in [2.05, 4.69) is 0 Å². The van der Waals surface area contributed by atoms with Gasteiger partial charge in [-0.3, -0.25) is 9.59 Å². The zero-order valence-corrected chi connectivity index (χ0v) is 14.8. The van der Waals surface area contributed by atoms with E-state index < -0.39 is 0 Å². The third kappa shape index (κ3) is 2.76. The lowest BCUT2D eigenvalue weighted by molar-refractivity contribution is -0.134. The molecule has 0 aliphatic carbocycles. The molecule has 5 rings (SSSR count). The second-order valence-corrected chi connectivity index (χ2v) is 7.64. The van der Waals surface area contributed by atoms with Gasteiger partial charge < -0.3 is 14.0 Å². The van der Waals surface area contributed by atoms with E-state index in [1.54, 1.807) is 18.2 Å². The first-order chi connectivity index (χ1) is 13.1. The van der Waals surface area contributed by atoms with Crippen molar-refractivity contribution in [1.82, 2.24) is 14.0 Å². The monoisotopic (exact) mass is 365 g/mol. The Kier molecular flexibility index (Phi) is 3.67. The van der Waals surface area contributed by atoms with Crippen molar-refractivity contribution < 1.29 is 9.18 Å². The number of hydrogen-bond donors (Lipinski definition) is 0. The standard InChI is InChI=1S/C21H20FN3O2/c22-17-5-4-15-6-7-23(19(15)9-17)13-21(27)24-10-14-8-16(12-24)18-2-1-3-20(26)25(18)11-14/h1-7,9,14,16H,8,10-13H2/t14-,16?/m0/s1. The molecule has 5 nitrogen and oxygen atoms in total. The van der Waals surface area contributed by atoms with Gasteiger partial charge in [-0.05, 0) is 48.1 Å². The van der Waals surface area contributed by atoms with Gasteiger partial charge in [-0.15, -0.1) is 0 Å². The number of hydrogen-bond acceptors (Lipinski definition) is 2. The number of fused-ring (bicyclic) bond motifs is 5. The number of piperidine rings is 1. The van der Waals surface area contributed by atoms with Gasteiger partial charge in [-0.1, -0.05) is 6.07 Å². The van der Waals surface area contributed by atoms with Crippen molar-refractivity contribution in [2.24, 2.45) is 5.92 Å². The second-order valence-electron chi connectivity index (χ2n) is 7.64. The third-order valence-electron chi connectivity index (χ3n) is 5.87. The van der Waals surface area contributed by atoms with Crippen molar-refractivity contribution >= 4 is 16.8 Å². The van der Waals surface area contributed by atoms with Crippen LogP contribution in [-0.2, 0) is 17.9 Å². The Morgan fingerprint density at radius 3 is 2.89 bits per heavy atom. The van der Waals surface area contributed by atoms with Gasteiger partial charge in [0, 0.05) is 43.5 Å². The molecular formula is C21H20FN3O2. The van der Waals surface area contributed by atoms with Crippen LogP contribution in [0, 0.1) is 11.7 Å². The quantitative estimate of drug-likeness (QED) is 0.701. The summed E-state index contributed by atoms with van der Waals surface area (Å²) in [7, 11) is 0. The fourth-order valence-corrected chi connectivity index (χ4v) is 4.64. The van der Waals surface area contributed by atoms with Crippen molar-refractivity contribution in [2.75, 3.05) is 13.1 Å². The van der Waals surface area contributed by atoms with Crippen LogP contribution in [0.2, 0.25) is 0 Å². The minimum atomic E-state index is -0.301. The molecule has 4 heterocycles. The van der Waals surface area contributed by atoms with Gasteiger partial charge >= 0.3 is 0 Å². The SMILES string of the molecule is O=C(Cn1ccc2ccc(F)cc21)N1CC2C[C@@H](C1)Cn1c2cccc1=O. The second kappa shape index (κ2) is 6.08. The summed E-state index contributed by atoms with van der Waals surface area (Å²) < 4.78 is 17.3. The zero-order valence-electron chi connectivity index (χ0n) is 14.8. The average molecular weight is 365 g/mol. The highest BCUT2D eigenvalue weighted by Gasteiger charge is 2.36. The first-order valence-corrected chi connectivity index (χ1v) is 9.30. The van der Waals surface area contributed by atoms with Gasteiger partial charge in [0.25, 0.3) is 5.56 Å². The summed E-state index contributed by atoms with van der Waals surface area (Å²) in [5.74, 6) is 0.246. The molecule has 3 aromatic rings. The Labute approximate surface area is 155 Å². The van der Waals surface area contributed by atoms with Crippen molar-refractivity contribution in [2.45, 2.75) is 25.4 Å². The van der Waals surface area contributed by atoms with Crippen LogP contribution >= 0.6 is 0 Å². The Morgan fingerprint density at radius 1 is 1.11 bits per heavy atom. The Morgan fingerprint density at radius 2 is 2.00 bits per heavy atom. The topological polar surface area (TPSA) is 47.2 Å². The smallest absolute Gasteiger partial charge is 0.250 e. The molecule has 2 aliphatic heterocycles. The van der Waals surface area contributed by atoms with Gasteiger partial charge in [0.15, 0.2) is 0 Å². The molecule has 27 heavy (non-hydrogen) atoms. The number of likely N-dealkylation sites (tertiary alicyclic amines) is 1. The first kappa shape index (κ1) is 16.3. The summed E-state index contributed by atoms with van der Waals surface area (Å²) >= 11 is 0. The molecule has 1 aromatic carbocycles. The van der Waals surface area contributed by atoms with E-state index in [0.29, 0.717) is 25.6 Å². The van der Waals surface area contributed by atoms with E-state index in [1.165, 1.54) is 12.1 Å². The predicted molar refractivity (Wildman–Crippen MR) is 100 cm³/mol. The molecule has 1 unspecified atom stereocenters. The number of benzene rings is 1. The zero-order chi connectivity index (χ0) is 18.5. The largest absolute Gasteiger partial charge is 0.340 e. The van der Waals surface area contributed by atoms with Gasteiger partial charge in [0.05, 0.1) is 5.52 Å². The van der Waals surface area contributed by atoms with Crippen LogP contribution in [0.3, 0.4) is 0 Å². The first-order valence-electron chi connectivity index (χ1n) is 9.30. The van der Waals surface area contributed by atoms with E-state index >= 15 is 0 Å². The maximum atomic E-state index is 13.6. The summed E-state index contributed by atoms with van der Waals surface area (Å²) in [4.78, 5) is 27.0. The molecule has 0 spiro atoms. The van der Waals surface area contributed by atoms with Crippen LogP contribution in [0.15, 0.2) is 53.5 Å². The molecular weight excluding hydrogens is 345 g/mol. The molecule has 0 N–H and O–H groups in total. The van der Waals surface area contributed by atoms with Gasteiger partial charge in [-0.2, -0.15) is 0 Å². The molecule has 0 saturated carbocycles. The summed E-state index contributed by atoms with van der Waals surface area (Å²) in [5.41, 5.74) is 1.81. The van der Waals surface area contributed by atoms with Crippen LogP contribution in [0.25, 0.3) is 10.9 Å². The molecule has 0 radical (unpaired) electrons.